The molecule has 0 fully saturated rings. The molecule has 0 radical (unpaired) electrons. The lowest BCUT2D eigenvalue weighted by Crippen LogP contribution is -1.87. The highest BCUT2D eigenvalue weighted by Crippen LogP contribution is 2.23. The van der Waals surface area contributed by atoms with Gasteiger partial charge in [-0.3, -0.25) is 4.98 Å². The molecule has 2 N–H and O–H groups in total. The second kappa shape index (κ2) is 4.06. The van der Waals surface area contributed by atoms with Crippen LogP contribution in [0.4, 0.5) is 5.69 Å². The van der Waals surface area contributed by atoms with Crippen molar-refractivity contribution in [3.05, 3.63) is 36.9 Å². The van der Waals surface area contributed by atoms with Gasteiger partial charge < -0.3 is 5.73 Å². The molecule has 0 aliphatic heterocycles. The zero-order valence-electron chi connectivity index (χ0n) is 7.29. The van der Waals surface area contributed by atoms with Crippen molar-refractivity contribution in [1.29, 1.82) is 0 Å². The van der Waals surface area contributed by atoms with Crippen LogP contribution in [0.2, 0.25) is 0 Å². The van der Waals surface area contributed by atoms with Crippen molar-refractivity contribution < 1.29 is 0 Å². The summed E-state index contributed by atoms with van der Waals surface area (Å²) in [6, 6.07) is 3.56. The van der Waals surface area contributed by atoms with Gasteiger partial charge in [-0.1, -0.05) is 0 Å². The van der Waals surface area contributed by atoms with Gasteiger partial charge in [0.05, 0.1) is 6.20 Å². The van der Waals surface area contributed by atoms with Crippen molar-refractivity contribution in [2.45, 2.75) is 10.1 Å². The Bertz CT molecular complexity index is 418. The van der Waals surface area contributed by atoms with Crippen LogP contribution in [0.3, 0.4) is 0 Å². The van der Waals surface area contributed by atoms with Crippen molar-refractivity contribution in [3.63, 3.8) is 0 Å². The lowest BCUT2D eigenvalue weighted by molar-refractivity contribution is 1.04. The molecular weight excluding hydrogens is 196 g/mol. The van der Waals surface area contributed by atoms with E-state index >= 15 is 0 Å². The van der Waals surface area contributed by atoms with Crippen LogP contribution in [0.5, 0.6) is 0 Å². The van der Waals surface area contributed by atoms with E-state index in [1.54, 1.807) is 36.9 Å². The van der Waals surface area contributed by atoms with Crippen LogP contribution in [-0.4, -0.2) is 15.0 Å². The summed E-state index contributed by atoms with van der Waals surface area (Å²) in [6.07, 6.45) is 6.65. The Hall–Kier alpha value is -1.62. The summed E-state index contributed by atoms with van der Waals surface area (Å²) in [4.78, 5) is 12.2. The van der Waals surface area contributed by atoms with Crippen LogP contribution < -0.4 is 5.73 Å². The Morgan fingerprint density at radius 3 is 2.64 bits per heavy atom. The molecule has 0 spiro atoms. The largest absolute Gasteiger partial charge is 0.399 e. The minimum atomic E-state index is 0.700. The molecule has 0 bridgehead atoms. The van der Waals surface area contributed by atoms with Gasteiger partial charge in [-0.05, 0) is 23.9 Å². The number of nitrogen functional groups attached to an aromatic ring is 1. The third-order valence-electron chi connectivity index (χ3n) is 1.51. The van der Waals surface area contributed by atoms with Crippen molar-refractivity contribution in [2.75, 3.05) is 5.73 Å². The Morgan fingerprint density at radius 2 is 1.93 bits per heavy atom. The van der Waals surface area contributed by atoms with Crippen molar-refractivity contribution >= 4 is 17.4 Å². The Morgan fingerprint density at radius 1 is 1.07 bits per heavy atom. The van der Waals surface area contributed by atoms with E-state index in [4.69, 9.17) is 5.73 Å². The van der Waals surface area contributed by atoms with Crippen LogP contribution in [-0.2, 0) is 0 Å². The molecule has 0 amide bonds. The molecule has 2 aromatic heterocycles. The van der Waals surface area contributed by atoms with E-state index in [2.05, 4.69) is 15.0 Å². The van der Waals surface area contributed by atoms with Gasteiger partial charge >= 0.3 is 0 Å². The number of aromatic nitrogens is 3. The van der Waals surface area contributed by atoms with Crippen molar-refractivity contribution in [2.24, 2.45) is 0 Å². The monoisotopic (exact) mass is 204 g/mol. The molecule has 0 saturated carbocycles. The summed E-state index contributed by atoms with van der Waals surface area (Å²) in [5.41, 5.74) is 6.32. The molecule has 0 aromatic carbocycles. The van der Waals surface area contributed by atoms with Gasteiger partial charge in [0.2, 0.25) is 0 Å². The van der Waals surface area contributed by atoms with Gasteiger partial charge in [-0.2, -0.15) is 0 Å². The highest BCUT2D eigenvalue weighted by atomic mass is 32.2. The van der Waals surface area contributed by atoms with E-state index < -0.39 is 0 Å². The van der Waals surface area contributed by atoms with Crippen LogP contribution in [0.15, 0.2) is 47.0 Å². The molecule has 5 heteroatoms. The number of pyridine rings is 1. The summed E-state index contributed by atoms with van der Waals surface area (Å²) in [5, 5.41) is 1.64. The fourth-order valence-corrected chi connectivity index (χ4v) is 1.68. The maximum Gasteiger partial charge on any atom is 0.121 e. The zero-order chi connectivity index (χ0) is 9.80. The van der Waals surface area contributed by atoms with E-state index in [9.17, 15) is 0 Å². The van der Waals surface area contributed by atoms with Crippen LogP contribution in [0, 0.1) is 0 Å². The number of hydrogen-bond donors (Lipinski definition) is 1. The quantitative estimate of drug-likeness (QED) is 0.805. The van der Waals surface area contributed by atoms with Gasteiger partial charge in [0.1, 0.15) is 10.1 Å². The van der Waals surface area contributed by atoms with E-state index in [1.165, 1.54) is 11.8 Å². The Balaban J connectivity index is 2.19. The molecule has 2 aromatic rings. The van der Waals surface area contributed by atoms with E-state index in [0.717, 1.165) is 10.1 Å². The van der Waals surface area contributed by atoms with Crippen LogP contribution in [0.1, 0.15) is 0 Å². The lowest BCUT2D eigenvalue weighted by Gasteiger charge is -1.99. The van der Waals surface area contributed by atoms with Crippen LogP contribution >= 0.6 is 11.8 Å². The molecule has 2 rings (SSSR count). The van der Waals surface area contributed by atoms with E-state index in [-0.39, 0.29) is 0 Å². The van der Waals surface area contributed by atoms with Crippen molar-refractivity contribution in [1.82, 2.24) is 15.0 Å². The molecule has 70 valence electrons. The average molecular weight is 204 g/mol. The minimum Gasteiger partial charge on any atom is -0.399 e. The highest BCUT2D eigenvalue weighted by molar-refractivity contribution is 7.99. The summed E-state index contributed by atoms with van der Waals surface area (Å²) >= 11 is 1.44. The third kappa shape index (κ3) is 2.20. The molecule has 4 nitrogen and oxygen atoms in total. The average Bonchev–Trinajstić information content (AvgIpc) is 2.19. The standard InChI is InChI=1S/C9H8N4S/c10-7-1-2-12-8(5-7)14-9-6-11-3-4-13-9/h1-6H,(H2,10,12). The summed E-state index contributed by atoms with van der Waals surface area (Å²) in [6.45, 7) is 0. The van der Waals surface area contributed by atoms with Gasteiger partial charge in [-0.15, -0.1) is 0 Å². The van der Waals surface area contributed by atoms with E-state index in [0.29, 0.717) is 5.69 Å². The van der Waals surface area contributed by atoms with Gasteiger partial charge in [-0.25, -0.2) is 9.97 Å². The van der Waals surface area contributed by atoms with Gasteiger partial charge in [0.15, 0.2) is 0 Å². The molecular formula is C9H8N4S. The number of nitrogens with two attached hydrogens (primary N) is 1. The normalized spacial score (nSPS) is 10.0. The third-order valence-corrected chi connectivity index (χ3v) is 2.36. The highest BCUT2D eigenvalue weighted by Gasteiger charge is 1.99. The second-order valence-electron chi connectivity index (χ2n) is 2.57. The fourth-order valence-electron chi connectivity index (χ4n) is 0.926. The minimum absolute atomic E-state index is 0.700. The predicted octanol–water partition coefficient (Wildman–Crippen LogP) is 1.60. The Kier molecular flexibility index (Phi) is 2.60. The summed E-state index contributed by atoms with van der Waals surface area (Å²) < 4.78 is 0. The lowest BCUT2D eigenvalue weighted by atomic mass is 10.4. The first-order chi connectivity index (χ1) is 6.84. The number of nitrogens with zero attached hydrogens (tertiary/aromatic N) is 3. The number of hydrogen-bond acceptors (Lipinski definition) is 5. The Labute approximate surface area is 85.6 Å². The molecule has 2 heterocycles. The second-order valence-corrected chi connectivity index (χ2v) is 3.61. The topological polar surface area (TPSA) is 64.7 Å². The fraction of sp³-hybridized carbons (Fsp3) is 0. The zero-order valence-corrected chi connectivity index (χ0v) is 8.11. The smallest absolute Gasteiger partial charge is 0.121 e. The maximum atomic E-state index is 5.62. The summed E-state index contributed by atoms with van der Waals surface area (Å²) in [5.74, 6) is 0. The molecule has 0 unspecified atom stereocenters. The SMILES string of the molecule is Nc1ccnc(Sc2cnccn2)c1. The predicted molar refractivity (Wildman–Crippen MR) is 54.8 cm³/mol. The summed E-state index contributed by atoms with van der Waals surface area (Å²) in [7, 11) is 0. The van der Waals surface area contributed by atoms with Crippen LogP contribution in [0.25, 0.3) is 0 Å². The molecule has 0 aliphatic rings. The van der Waals surface area contributed by atoms with Crippen molar-refractivity contribution in [3.8, 4) is 0 Å². The maximum absolute atomic E-state index is 5.62. The molecule has 0 atom stereocenters. The molecule has 0 saturated heterocycles. The first-order valence-electron chi connectivity index (χ1n) is 4.00. The number of anilines is 1. The van der Waals surface area contributed by atoms with Gasteiger partial charge in [0, 0.05) is 24.3 Å². The molecule has 0 aliphatic carbocycles. The molecule has 14 heavy (non-hydrogen) atoms. The van der Waals surface area contributed by atoms with Gasteiger partial charge in [0.25, 0.3) is 0 Å². The van der Waals surface area contributed by atoms with E-state index in [1.807, 2.05) is 0 Å². The first kappa shape index (κ1) is 8.96. The number of rotatable bonds is 2. The first-order valence-corrected chi connectivity index (χ1v) is 4.81.